The van der Waals surface area contributed by atoms with Crippen LogP contribution in [0.2, 0.25) is 0 Å². The van der Waals surface area contributed by atoms with Gasteiger partial charge in [-0.25, -0.2) is 16.8 Å². The molecule has 0 fully saturated rings. The van der Waals surface area contributed by atoms with Gasteiger partial charge >= 0.3 is 11.9 Å². The van der Waals surface area contributed by atoms with E-state index in [0.717, 1.165) is 10.9 Å². The van der Waals surface area contributed by atoms with E-state index in [-0.39, 0.29) is 40.0 Å². The van der Waals surface area contributed by atoms with E-state index in [1.807, 2.05) is 12.1 Å². The molecule has 4 aromatic carbocycles. The lowest BCUT2D eigenvalue weighted by atomic mass is 10.0. The first kappa shape index (κ1) is 33.7. The summed E-state index contributed by atoms with van der Waals surface area (Å²) < 4.78 is 56.3. The van der Waals surface area contributed by atoms with Gasteiger partial charge in [-0.3, -0.25) is 19.7 Å². The molecule has 0 heterocycles. The van der Waals surface area contributed by atoms with Crippen molar-refractivity contribution >= 4 is 78.6 Å². The van der Waals surface area contributed by atoms with Crippen molar-refractivity contribution in [3.05, 3.63) is 88.0 Å². The summed E-state index contributed by atoms with van der Waals surface area (Å²) in [6, 6.07) is 17.2. The van der Waals surface area contributed by atoms with Gasteiger partial charge in [0.2, 0.25) is 0 Å². The highest BCUT2D eigenvalue weighted by molar-refractivity contribution is 8.14. The molecule has 0 aliphatic carbocycles. The van der Waals surface area contributed by atoms with E-state index in [1.54, 1.807) is 24.3 Å². The van der Waals surface area contributed by atoms with Gasteiger partial charge in [0.1, 0.15) is 0 Å². The van der Waals surface area contributed by atoms with Crippen molar-refractivity contribution < 1.29 is 40.8 Å². The van der Waals surface area contributed by atoms with E-state index < -0.39 is 29.0 Å². The fourth-order valence-electron chi connectivity index (χ4n) is 4.36. The molecule has 0 saturated heterocycles. The lowest BCUT2D eigenvalue weighted by molar-refractivity contribution is -0.383. The minimum Gasteiger partial charge on any atom is -0.466 e. The molecule has 0 bridgehead atoms. The van der Waals surface area contributed by atoms with E-state index in [0.29, 0.717) is 29.2 Å². The number of carbonyl (C=O) groups is 2. The first-order valence-corrected chi connectivity index (χ1v) is 17.1. The van der Waals surface area contributed by atoms with Crippen molar-refractivity contribution in [2.75, 3.05) is 13.2 Å². The molecule has 4 rings (SSSR count). The Morgan fingerprint density at radius 3 is 1.65 bits per heavy atom. The standard InChI is InChI=1S/C14H12ClNO6S.C14H13ClO4S/c1-9(17)22-8-7-10-5-6-13(23(15,20)21)14-11(10)3-2-4-12(14)16(18)19;1-10(16)19-9-8-11-6-7-14(20(15,17)18)13-5-3-2-4-12(11)13/h2-6H,7-8H2,1H3;2-7H,8-9H2,1H3. The Hall–Kier alpha value is -3.78. The lowest BCUT2D eigenvalue weighted by Gasteiger charge is -2.10. The molecule has 0 N–H and O–H groups in total. The van der Waals surface area contributed by atoms with Gasteiger partial charge in [0.15, 0.2) is 0 Å². The number of nitro benzene ring substituents is 1. The molecule has 11 nitrogen and oxygen atoms in total. The number of nitrogens with zero attached hydrogens (tertiary/aromatic N) is 1. The number of halogens is 2. The van der Waals surface area contributed by atoms with Gasteiger partial charge in [-0.1, -0.05) is 48.5 Å². The molecule has 0 saturated carbocycles. The Balaban J connectivity index is 0.000000238. The van der Waals surface area contributed by atoms with Gasteiger partial charge in [0.05, 0.1) is 33.3 Å². The first-order chi connectivity index (χ1) is 20.1. The highest BCUT2D eigenvalue weighted by Gasteiger charge is 2.23. The predicted octanol–water partition coefficient (Wildman–Crippen LogP) is 5.65. The molecule has 228 valence electrons. The third kappa shape index (κ3) is 8.86. The Bertz CT molecular complexity index is 1930. The fourth-order valence-corrected chi connectivity index (χ4v) is 6.51. The summed E-state index contributed by atoms with van der Waals surface area (Å²) in [5, 5.41) is 12.9. The number of esters is 2. The Kier molecular flexibility index (Phi) is 11.1. The summed E-state index contributed by atoms with van der Waals surface area (Å²) in [7, 11) is 2.88. The Morgan fingerprint density at radius 2 is 1.16 bits per heavy atom. The quantitative estimate of drug-likeness (QED) is 0.0940. The molecule has 0 atom stereocenters. The van der Waals surface area contributed by atoms with E-state index in [9.17, 15) is 36.5 Å². The number of rotatable bonds is 9. The normalized spacial score (nSPS) is 11.4. The van der Waals surface area contributed by atoms with Gasteiger partial charge < -0.3 is 9.47 Å². The second-order valence-corrected chi connectivity index (χ2v) is 14.1. The van der Waals surface area contributed by atoms with E-state index in [1.165, 1.54) is 44.2 Å². The van der Waals surface area contributed by atoms with Gasteiger partial charge in [0, 0.05) is 59.5 Å². The van der Waals surface area contributed by atoms with Crippen molar-refractivity contribution in [3.63, 3.8) is 0 Å². The molecule has 0 unspecified atom stereocenters. The fraction of sp³-hybridized carbons (Fsp3) is 0.214. The average molecular weight is 671 g/mol. The Morgan fingerprint density at radius 1 is 0.698 bits per heavy atom. The molecule has 0 radical (unpaired) electrons. The number of benzene rings is 4. The predicted molar refractivity (Wildman–Crippen MR) is 161 cm³/mol. The van der Waals surface area contributed by atoms with Gasteiger partial charge in [-0.05, 0) is 34.0 Å². The molecule has 0 aliphatic heterocycles. The highest BCUT2D eigenvalue weighted by Crippen LogP contribution is 2.35. The number of non-ortho nitro benzene ring substituents is 1. The topological polar surface area (TPSA) is 164 Å². The van der Waals surface area contributed by atoms with Crippen LogP contribution < -0.4 is 0 Å². The second-order valence-electron chi connectivity index (χ2n) is 9.00. The monoisotopic (exact) mass is 669 g/mol. The molecule has 0 aromatic heterocycles. The summed E-state index contributed by atoms with van der Waals surface area (Å²) in [4.78, 5) is 31.9. The lowest BCUT2D eigenvalue weighted by Crippen LogP contribution is -2.05. The molecule has 0 amide bonds. The number of nitro groups is 1. The van der Waals surface area contributed by atoms with E-state index in [4.69, 9.17) is 30.8 Å². The summed E-state index contributed by atoms with van der Waals surface area (Å²) in [6.45, 7) is 2.96. The molecule has 43 heavy (non-hydrogen) atoms. The maximum atomic E-state index is 11.7. The van der Waals surface area contributed by atoms with Gasteiger partial charge in [0.25, 0.3) is 23.8 Å². The largest absolute Gasteiger partial charge is 0.466 e. The summed E-state index contributed by atoms with van der Waals surface area (Å²) in [6.07, 6.45) is 0.808. The zero-order valence-corrected chi connectivity index (χ0v) is 25.9. The van der Waals surface area contributed by atoms with Crippen molar-refractivity contribution in [1.29, 1.82) is 0 Å². The van der Waals surface area contributed by atoms with Crippen LogP contribution in [0.25, 0.3) is 21.5 Å². The van der Waals surface area contributed by atoms with E-state index >= 15 is 0 Å². The zero-order valence-electron chi connectivity index (χ0n) is 22.8. The summed E-state index contributed by atoms with van der Waals surface area (Å²) in [5.41, 5.74) is 1.18. The molecule has 0 spiro atoms. The van der Waals surface area contributed by atoms with Crippen LogP contribution in [0.4, 0.5) is 5.69 Å². The maximum Gasteiger partial charge on any atom is 0.302 e. The number of carbonyl (C=O) groups excluding carboxylic acids is 2. The molecular weight excluding hydrogens is 645 g/mol. The number of ether oxygens (including phenoxy) is 2. The third-order valence-electron chi connectivity index (χ3n) is 6.12. The molecule has 0 aliphatic rings. The molecule has 4 aromatic rings. The van der Waals surface area contributed by atoms with Crippen molar-refractivity contribution in [2.45, 2.75) is 36.5 Å². The van der Waals surface area contributed by atoms with Crippen LogP contribution in [0.3, 0.4) is 0 Å². The first-order valence-electron chi connectivity index (χ1n) is 12.5. The van der Waals surface area contributed by atoms with Crippen molar-refractivity contribution in [2.24, 2.45) is 0 Å². The second kappa shape index (κ2) is 14.1. The van der Waals surface area contributed by atoms with Crippen LogP contribution >= 0.6 is 21.4 Å². The van der Waals surface area contributed by atoms with Crippen LogP contribution in [-0.2, 0) is 50.0 Å². The minimum atomic E-state index is -4.15. The molecule has 15 heteroatoms. The molecular formula is C28H25Cl2NO10S2. The number of fused-ring (bicyclic) bond motifs is 2. The van der Waals surface area contributed by atoms with Crippen LogP contribution in [0, 0.1) is 10.1 Å². The summed E-state index contributed by atoms with van der Waals surface area (Å²) >= 11 is 0. The van der Waals surface area contributed by atoms with Crippen LogP contribution in [0.1, 0.15) is 25.0 Å². The minimum absolute atomic E-state index is 0.0483. The van der Waals surface area contributed by atoms with Gasteiger partial charge in [-0.15, -0.1) is 0 Å². The average Bonchev–Trinajstić information content (AvgIpc) is 2.91. The highest BCUT2D eigenvalue weighted by atomic mass is 35.7. The maximum absolute atomic E-state index is 11.7. The van der Waals surface area contributed by atoms with E-state index in [2.05, 4.69) is 0 Å². The zero-order chi connectivity index (χ0) is 31.9. The summed E-state index contributed by atoms with van der Waals surface area (Å²) in [5.74, 6) is -0.783. The van der Waals surface area contributed by atoms with Crippen molar-refractivity contribution in [3.8, 4) is 0 Å². The van der Waals surface area contributed by atoms with Crippen LogP contribution in [-0.4, -0.2) is 46.9 Å². The number of hydrogen-bond acceptors (Lipinski definition) is 10. The SMILES string of the molecule is CC(=O)OCCc1ccc(S(=O)(=O)Cl)c2c([N+](=O)[O-])cccc12.CC(=O)OCCc1ccc(S(=O)(=O)Cl)c2ccccc12. The third-order valence-corrected chi connectivity index (χ3v) is 8.86. The Labute approximate surface area is 256 Å². The van der Waals surface area contributed by atoms with Gasteiger partial charge in [-0.2, -0.15) is 0 Å². The smallest absolute Gasteiger partial charge is 0.302 e. The van der Waals surface area contributed by atoms with Crippen LogP contribution in [0.15, 0.2) is 76.5 Å². The van der Waals surface area contributed by atoms with Crippen LogP contribution in [0.5, 0.6) is 0 Å². The number of hydrogen-bond donors (Lipinski definition) is 0. The van der Waals surface area contributed by atoms with Crippen molar-refractivity contribution in [1.82, 2.24) is 0 Å².